The second kappa shape index (κ2) is 9.65. The van der Waals surface area contributed by atoms with Crippen molar-refractivity contribution in [2.24, 2.45) is 0 Å². The highest BCUT2D eigenvalue weighted by atomic mass is 19.3. The maximum atomic E-state index is 12.4. The van der Waals surface area contributed by atoms with Crippen LogP contribution in [0.5, 0.6) is 5.75 Å². The largest absolute Gasteiger partial charge is 0.435 e. The van der Waals surface area contributed by atoms with E-state index in [-0.39, 0.29) is 11.7 Å². The first-order valence-electron chi connectivity index (χ1n) is 9.71. The number of hydrogen-bond donors (Lipinski definition) is 0. The quantitative estimate of drug-likeness (QED) is 0.666. The standard InChI is InChI=1S/C21H26F2N4O2/c1-3-27-15-18(16(2)24-27)14-25-10-12-26(13-11-25)20(28)9-6-17-4-7-19(8-5-17)29-21(22)23/h4-9,15,21H,3,10-14H2,1-2H3/b9-6-. The van der Waals surface area contributed by atoms with Crippen LogP contribution in [0.15, 0.2) is 36.5 Å². The monoisotopic (exact) mass is 404 g/mol. The lowest BCUT2D eigenvalue weighted by atomic mass is 10.2. The smallest absolute Gasteiger partial charge is 0.387 e. The lowest BCUT2D eigenvalue weighted by molar-refractivity contribution is -0.127. The van der Waals surface area contributed by atoms with Crippen molar-refractivity contribution in [3.05, 3.63) is 53.4 Å². The Balaban J connectivity index is 1.48. The number of amides is 1. The topological polar surface area (TPSA) is 50.6 Å². The lowest BCUT2D eigenvalue weighted by Crippen LogP contribution is -2.47. The molecule has 1 aliphatic rings. The van der Waals surface area contributed by atoms with E-state index in [1.165, 1.54) is 23.8 Å². The fourth-order valence-electron chi connectivity index (χ4n) is 3.28. The molecule has 29 heavy (non-hydrogen) atoms. The average molecular weight is 404 g/mol. The van der Waals surface area contributed by atoms with E-state index in [0.717, 1.165) is 37.4 Å². The first-order valence-corrected chi connectivity index (χ1v) is 9.71. The van der Waals surface area contributed by atoms with Gasteiger partial charge in [-0.1, -0.05) is 12.1 Å². The highest BCUT2D eigenvalue weighted by Gasteiger charge is 2.20. The molecule has 2 heterocycles. The molecule has 1 fully saturated rings. The van der Waals surface area contributed by atoms with Crippen molar-refractivity contribution in [3.63, 3.8) is 0 Å². The number of halogens is 2. The number of carbonyl (C=O) groups excluding carboxylic acids is 1. The van der Waals surface area contributed by atoms with Crippen molar-refractivity contribution in [1.29, 1.82) is 0 Å². The number of alkyl halides is 2. The average Bonchev–Trinajstić information content (AvgIpc) is 3.07. The number of piperazine rings is 1. The van der Waals surface area contributed by atoms with E-state index in [4.69, 9.17) is 0 Å². The molecule has 1 amide bonds. The molecule has 0 spiro atoms. The van der Waals surface area contributed by atoms with Crippen LogP contribution >= 0.6 is 0 Å². The van der Waals surface area contributed by atoms with Crippen molar-refractivity contribution in [1.82, 2.24) is 19.6 Å². The first-order chi connectivity index (χ1) is 13.9. The Hall–Kier alpha value is -2.74. The number of aromatic nitrogens is 2. The van der Waals surface area contributed by atoms with Crippen molar-refractivity contribution >= 4 is 12.0 Å². The zero-order chi connectivity index (χ0) is 20.8. The molecule has 0 bridgehead atoms. The molecule has 6 nitrogen and oxygen atoms in total. The van der Waals surface area contributed by atoms with E-state index in [2.05, 4.69) is 27.9 Å². The van der Waals surface area contributed by atoms with Gasteiger partial charge in [0.05, 0.1) is 5.69 Å². The van der Waals surface area contributed by atoms with Crippen LogP contribution in [-0.4, -0.2) is 58.3 Å². The van der Waals surface area contributed by atoms with Gasteiger partial charge >= 0.3 is 6.61 Å². The van der Waals surface area contributed by atoms with Crippen LogP contribution in [0.25, 0.3) is 6.08 Å². The molecule has 0 N–H and O–H groups in total. The summed E-state index contributed by atoms with van der Waals surface area (Å²) < 4.78 is 30.6. The van der Waals surface area contributed by atoms with E-state index in [1.54, 1.807) is 18.2 Å². The highest BCUT2D eigenvalue weighted by molar-refractivity contribution is 5.91. The summed E-state index contributed by atoms with van der Waals surface area (Å²) in [6, 6.07) is 6.19. The number of nitrogens with zero attached hydrogens (tertiary/aromatic N) is 4. The van der Waals surface area contributed by atoms with Gasteiger partial charge in [-0.15, -0.1) is 0 Å². The van der Waals surface area contributed by atoms with E-state index < -0.39 is 6.61 Å². The summed E-state index contributed by atoms with van der Waals surface area (Å²) in [5.74, 6) is 0.0480. The van der Waals surface area contributed by atoms with Gasteiger partial charge in [0.1, 0.15) is 5.75 Å². The molecular formula is C21H26F2N4O2. The van der Waals surface area contributed by atoms with Crippen molar-refractivity contribution < 1.29 is 18.3 Å². The SMILES string of the molecule is CCn1cc(CN2CCN(C(=O)/C=C\c3ccc(OC(F)F)cc3)CC2)c(C)n1. The molecule has 8 heteroatoms. The zero-order valence-corrected chi connectivity index (χ0v) is 16.7. The molecule has 1 saturated heterocycles. The minimum absolute atomic E-state index is 0.0486. The van der Waals surface area contributed by atoms with Crippen LogP contribution in [0.2, 0.25) is 0 Å². The first kappa shape index (κ1) is 21.0. The molecule has 1 aromatic heterocycles. The van der Waals surface area contributed by atoms with Gasteiger partial charge in [0.25, 0.3) is 0 Å². The maximum Gasteiger partial charge on any atom is 0.387 e. The van der Waals surface area contributed by atoms with E-state index in [9.17, 15) is 13.6 Å². The molecule has 0 radical (unpaired) electrons. The summed E-state index contributed by atoms with van der Waals surface area (Å²) in [6.07, 6.45) is 5.30. The third kappa shape index (κ3) is 5.87. The van der Waals surface area contributed by atoms with E-state index >= 15 is 0 Å². The summed E-state index contributed by atoms with van der Waals surface area (Å²) in [6.45, 7) is 5.93. The van der Waals surface area contributed by atoms with Crippen molar-refractivity contribution in [2.45, 2.75) is 33.5 Å². The van der Waals surface area contributed by atoms with Crippen molar-refractivity contribution in [3.8, 4) is 5.75 Å². The molecule has 1 aromatic carbocycles. The minimum atomic E-state index is -2.84. The number of ether oxygens (including phenoxy) is 1. The second-order valence-electron chi connectivity index (χ2n) is 6.98. The third-order valence-electron chi connectivity index (χ3n) is 4.97. The Bertz CT molecular complexity index is 841. The van der Waals surface area contributed by atoms with Gasteiger partial charge in [-0.05, 0) is 37.6 Å². The molecule has 1 aliphatic heterocycles. The fraction of sp³-hybridized carbons (Fsp3) is 0.429. The molecule has 0 saturated carbocycles. The number of aryl methyl sites for hydroxylation is 2. The maximum absolute atomic E-state index is 12.4. The van der Waals surface area contributed by atoms with Crippen LogP contribution in [0.1, 0.15) is 23.7 Å². The summed E-state index contributed by atoms with van der Waals surface area (Å²) in [5, 5.41) is 4.48. The Labute approximate surface area is 169 Å². The number of hydrogen-bond acceptors (Lipinski definition) is 4. The summed E-state index contributed by atoms with van der Waals surface area (Å²) in [5.41, 5.74) is 3.03. The van der Waals surface area contributed by atoms with Crippen LogP contribution in [0.4, 0.5) is 8.78 Å². The Morgan fingerprint density at radius 1 is 1.21 bits per heavy atom. The Morgan fingerprint density at radius 2 is 1.90 bits per heavy atom. The summed E-state index contributed by atoms with van der Waals surface area (Å²) in [7, 11) is 0. The predicted octanol–water partition coefficient (Wildman–Crippen LogP) is 3.17. The second-order valence-corrected chi connectivity index (χ2v) is 6.98. The molecule has 3 rings (SSSR count). The number of carbonyl (C=O) groups is 1. The molecule has 0 aliphatic carbocycles. The molecular weight excluding hydrogens is 378 g/mol. The van der Waals surface area contributed by atoms with Crippen LogP contribution < -0.4 is 4.74 Å². The zero-order valence-electron chi connectivity index (χ0n) is 16.7. The molecule has 156 valence electrons. The van der Waals surface area contributed by atoms with Crippen LogP contribution in [0, 0.1) is 6.92 Å². The number of rotatable bonds is 7. The van der Waals surface area contributed by atoms with Gasteiger partial charge in [-0.25, -0.2) is 0 Å². The highest BCUT2D eigenvalue weighted by Crippen LogP contribution is 2.16. The Kier molecular flexibility index (Phi) is 6.98. The molecule has 0 unspecified atom stereocenters. The van der Waals surface area contributed by atoms with E-state index in [1.807, 2.05) is 16.5 Å². The lowest BCUT2D eigenvalue weighted by Gasteiger charge is -2.34. The normalized spacial score (nSPS) is 15.4. The van der Waals surface area contributed by atoms with Crippen molar-refractivity contribution in [2.75, 3.05) is 26.2 Å². The number of benzene rings is 1. The van der Waals surface area contributed by atoms with Gasteiger partial charge in [0.15, 0.2) is 0 Å². The van der Waals surface area contributed by atoms with E-state index in [0.29, 0.717) is 13.1 Å². The van der Waals surface area contributed by atoms with Crippen LogP contribution in [0.3, 0.4) is 0 Å². The Morgan fingerprint density at radius 3 is 2.48 bits per heavy atom. The van der Waals surface area contributed by atoms with Gasteiger partial charge < -0.3 is 9.64 Å². The molecule has 0 atom stereocenters. The van der Waals surface area contributed by atoms with Gasteiger partial charge in [0.2, 0.25) is 5.91 Å². The predicted molar refractivity (Wildman–Crippen MR) is 107 cm³/mol. The van der Waals surface area contributed by atoms with Crippen LogP contribution in [-0.2, 0) is 17.9 Å². The summed E-state index contributed by atoms with van der Waals surface area (Å²) >= 11 is 0. The van der Waals surface area contributed by atoms with Gasteiger partial charge in [0, 0.05) is 57.1 Å². The van der Waals surface area contributed by atoms with Gasteiger partial charge in [-0.3, -0.25) is 14.4 Å². The third-order valence-corrected chi connectivity index (χ3v) is 4.97. The fourth-order valence-corrected chi connectivity index (χ4v) is 3.28. The molecule has 2 aromatic rings. The van der Waals surface area contributed by atoms with Gasteiger partial charge in [-0.2, -0.15) is 13.9 Å². The summed E-state index contributed by atoms with van der Waals surface area (Å²) in [4.78, 5) is 16.6. The minimum Gasteiger partial charge on any atom is -0.435 e.